The molecule has 2 fully saturated rings. The number of amides is 1. The Morgan fingerprint density at radius 2 is 1.33 bits per heavy atom. The summed E-state index contributed by atoms with van der Waals surface area (Å²) < 4.78 is 5.57. The Balaban J connectivity index is 1.19. The quantitative estimate of drug-likeness (QED) is 0.411. The molecule has 33 heavy (non-hydrogen) atoms. The molecule has 2 saturated heterocycles. The molecule has 0 aliphatic carbocycles. The van der Waals surface area contributed by atoms with E-state index in [0.29, 0.717) is 18.1 Å². The van der Waals surface area contributed by atoms with Crippen LogP contribution >= 0.6 is 11.6 Å². The van der Waals surface area contributed by atoms with Crippen molar-refractivity contribution in [2.24, 2.45) is 0 Å². The van der Waals surface area contributed by atoms with E-state index in [-0.39, 0.29) is 12.2 Å². The molecule has 2 aliphatic heterocycles. The van der Waals surface area contributed by atoms with Crippen LogP contribution < -0.4 is 0 Å². The first-order valence-electron chi connectivity index (χ1n) is 11.8. The molecular formula is C28H29ClN2O2. The lowest BCUT2D eigenvalue weighted by Gasteiger charge is -2.26. The smallest absolute Gasteiger partial charge is 0.410 e. The first-order chi connectivity index (χ1) is 16.1. The van der Waals surface area contributed by atoms with Crippen LogP contribution in [0.3, 0.4) is 0 Å². The summed E-state index contributed by atoms with van der Waals surface area (Å²) in [4.78, 5) is 16.7. The highest BCUT2D eigenvalue weighted by atomic mass is 35.5. The van der Waals surface area contributed by atoms with Gasteiger partial charge in [0.2, 0.25) is 0 Å². The van der Waals surface area contributed by atoms with E-state index in [9.17, 15) is 4.79 Å². The molecule has 0 bridgehead atoms. The summed E-state index contributed by atoms with van der Waals surface area (Å²) in [6, 6.07) is 24.8. The lowest BCUT2D eigenvalue weighted by atomic mass is 10.0. The third-order valence-electron chi connectivity index (χ3n) is 6.60. The van der Waals surface area contributed by atoms with Gasteiger partial charge in [-0.15, -0.1) is 0 Å². The summed E-state index contributed by atoms with van der Waals surface area (Å²) in [5.41, 5.74) is 5.84. The van der Waals surface area contributed by atoms with Crippen LogP contribution in [0.4, 0.5) is 4.79 Å². The van der Waals surface area contributed by atoms with Gasteiger partial charge in [-0.3, -0.25) is 9.80 Å². The molecule has 170 valence electrons. The summed E-state index contributed by atoms with van der Waals surface area (Å²) in [5, 5.41) is 0.677. The molecule has 4 nitrogen and oxygen atoms in total. The maximum atomic E-state index is 12.4. The number of nitrogens with zero attached hydrogens (tertiary/aromatic N) is 2. The summed E-state index contributed by atoms with van der Waals surface area (Å²) >= 11 is 5.97. The second kappa shape index (κ2) is 9.98. The van der Waals surface area contributed by atoms with E-state index in [2.05, 4.69) is 53.4 Å². The van der Waals surface area contributed by atoms with E-state index in [1.54, 1.807) is 4.90 Å². The second-order valence-corrected chi connectivity index (χ2v) is 9.47. The molecule has 5 rings (SSSR count). The molecule has 3 aromatic rings. The van der Waals surface area contributed by atoms with Crippen molar-refractivity contribution >= 4 is 17.7 Å². The fourth-order valence-corrected chi connectivity index (χ4v) is 4.82. The van der Waals surface area contributed by atoms with Crippen LogP contribution in [-0.4, -0.2) is 35.5 Å². The molecular weight excluding hydrogens is 432 g/mol. The van der Waals surface area contributed by atoms with Crippen LogP contribution in [0.2, 0.25) is 5.02 Å². The predicted molar refractivity (Wildman–Crippen MR) is 132 cm³/mol. The number of carbonyl (C=O) groups excluding carboxylic acids is 1. The number of ether oxygens (including phenoxy) is 1. The zero-order valence-electron chi connectivity index (χ0n) is 18.8. The number of hydrogen-bond acceptors (Lipinski definition) is 3. The number of cyclic esters (lactones) is 1. The molecule has 0 saturated carbocycles. The van der Waals surface area contributed by atoms with Crippen LogP contribution in [0.5, 0.6) is 0 Å². The molecule has 2 heterocycles. The Morgan fingerprint density at radius 1 is 0.758 bits per heavy atom. The number of hydrogen-bond donors (Lipinski definition) is 0. The van der Waals surface area contributed by atoms with Crippen LogP contribution in [0.1, 0.15) is 42.1 Å². The fraction of sp³-hybridized carbons (Fsp3) is 0.321. The molecule has 0 aromatic heterocycles. The highest BCUT2D eigenvalue weighted by molar-refractivity contribution is 6.30. The summed E-state index contributed by atoms with van der Waals surface area (Å²) in [6.45, 7) is 4.56. The number of halogens is 1. The third kappa shape index (κ3) is 5.40. The Bertz CT molecular complexity index is 1070. The second-order valence-electron chi connectivity index (χ2n) is 9.04. The van der Waals surface area contributed by atoms with E-state index < -0.39 is 0 Å². The first-order valence-corrected chi connectivity index (χ1v) is 12.1. The van der Waals surface area contributed by atoms with Crippen molar-refractivity contribution < 1.29 is 9.53 Å². The molecule has 1 unspecified atom stereocenters. The zero-order chi connectivity index (χ0) is 22.6. The van der Waals surface area contributed by atoms with Crippen molar-refractivity contribution in [3.63, 3.8) is 0 Å². The predicted octanol–water partition coefficient (Wildman–Crippen LogP) is 6.69. The average Bonchev–Trinajstić information content (AvgIpc) is 3.21. The van der Waals surface area contributed by atoms with Crippen molar-refractivity contribution in [2.45, 2.75) is 38.5 Å². The molecule has 3 aromatic carbocycles. The van der Waals surface area contributed by atoms with Gasteiger partial charge in [0.05, 0.1) is 6.54 Å². The minimum absolute atomic E-state index is 0.252. The van der Waals surface area contributed by atoms with E-state index >= 15 is 0 Å². The molecule has 1 atom stereocenters. The average molecular weight is 461 g/mol. The van der Waals surface area contributed by atoms with Crippen LogP contribution in [0.25, 0.3) is 11.1 Å². The van der Waals surface area contributed by atoms with Gasteiger partial charge < -0.3 is 4.74 Å². The lowest BCUT2D eigenvalue weighted by molar-refractivity contribution is 0.132. The maximum Gasteiger partial charge on any atom is 0.410 e. The van der Waals surface area contributed by atoms with Gasteiger partial charge in [0.15, 0.2) is 0 Å². The Labute approximate surface area is 200 Å². The largest absolute Gasteiger partial charge is 0.439 e. The van der Waals surface area contributed by atoms with Gasteiger partial charge in [0.25, 0.3) is 0 Å². The van der Waals surface area contributed by atoms with Gasteiger partial charge >= 0.3 is 6.09 Å². The minimum Gasteiger partial charge on any atom is -0.439 e. The highest BCUT2D eigenvalue weighted by Crippen LogP contribution is 2.29. The monoisotopic (exact) mass is 460 g/mol. The first kappa shape index (κ1) is 22.0. The molecule has 0 spiro atoms. The lowest BCUT2D eigenvalue weighted by Crippen LogP contribution is -2.28. The third-order valence-corrected chi connectivity index (χ3v) is 6.85. The molecule has 1 amide bonds. The number of benzene rings is 3. The van der Waals surface area contributed by atoms with Crippen LogP contribution in [-0.2, 0) is 17.8 Å². The van der Waals surface area contributed by atoms with Crippen LogP contribution in [0, 0.1) is 0 Å². The minimum atomic E-state index is -0.275. The number of piperidine rings is 1. The van der Waals surface area contributed by atoms with Crippen molar-refractivity contribution in [3.05, 3.63) is 94.5 Å². The Hall–Kier alpha value is -2.82. The van der Waals surface area contributed by atoms with Gasteiger partial charge in [-0.05, 0) is 65.9 Å². The topological polar surface area (TPSA) is 32.8 Å². The van der Waals surface area contributed by atoms with Crippen LogP contribution in [0.15, 0.2) is 72.8 Å². The zero-order valence-corrected chi connectivity index (χ0v) is 19.5. The molecule has 5 heteroatoms. The van der Waals surface area contributed by atoms with Crippen molar-refractivity contribution in [1.29, 1.82) is 0 Å². The van der Waals surface area contributed by atoms with E-state index in [1.165, 1.54) is 49.0 Å². The highest BCUT2D eigenvalue weighted by Gasteiger charge is 2.32. The fourth-order valence-electron chi connectivity index (χ4n) is 4.69. The summed E-state index contributed by atoms with van der Waals surface area (Å²) in [6.07, 6.45) is 3.48. The van der Waals surface area contributed by atoms with Crippen molar-refractivity contribution in [1.82, 2.24) is 9.80 Å². The van der Waals surface area contributed by atoms with Gasteiger partial charge in [-0.25, -0.2) is 4.79 Å². The van der Waals surface area contributed by atoms with Gasteiger partial charge in [0, 0.05) is 18.1 Å². The SMILES string of the molecule is O=C1OC(c2ccc(Cl)cc2)CN1Cc1ccc(-c2ccc(CN3CCCCC3)cc2)cc1. The normalized spacial score (nSPS) is 19.0. The summed E-state index contributed by atoms with van der Waals surface area (Å²) in [5.74, 6) is 0. The van der Waals surface area contributed by atoms with Gasteiger partial charge in [0.1, 0.15) is 6.10 Å². The standard InChI is InChI=1S/C28H29ClN2O2/c29-26-14-12-25(13-15-26)27-20-31(28(32)33-27)19-22-6-10-24(11-7-22)23-8-4-21(5-9-23)18-30-16-2-1-3-17-30/h4-15,27H,1-3,16-20H2. The molecule has 2 aliphatic rings. The maximum absolute atomic E-state index is 12.4. The van der Waals surface area contributed by atoms with Crippen molar-refractivity contribution in [3.8, 4) is 11.1 Å². The molecule has 0 radical (unpaired) electrons. The number of carbonyl (C=O) groups is 1. The number of rotatable bonds is 6. The van der Waals surface area contributed by atoms with Gasteiger partial charge in [-0.1, -0.05) is 78.7 Å². The number of likely N-dealkylation sites (tertiary alicyclic amines) is 1. The Morgan fingerprint density at radius 3 is 1.94 bits per heavy atom. The summed E-state index contributed by atoms with van der Waals surface area (Å²) in [7, 11) is 0. The molecule has 0 N–H and O–H groups in total. The van der Waals surface area contributed by atoms with E-state index in [4.69, 9.17) is 16.3 Å². The van der Waals surface area contributed by atoms with E-state index in [0.717, 1.165) is 17.7 Å². The Kier molecular flexibility index (Phi) is 6.65. The van der Waals surface area contributed by atoms with E-state index in [1.807, 2.05) is 24.3 Å². The van der Waals surface area contributed by atoms with Crippen molar-refractivity contribution in [2.75, 3.05) is 19.6 Å². The van der Waals surface area contributed by atoms with Gasteiger partial charge in [-0.2, -0.15) is 0 Å².